The predicted octanol–water partition coefficient (Wildman–Crippen LogP) is 5.06. The standard InChI is InChI=1S/C20H13ClFN3O2S/c21-17-10-14(9-15(11-23)19(26)25-20-24-7-8-28-20)3-6-18(17)27-12-13-1-4-16(22)5-2-13/h1-10H,12H2,(H,24,25,26)/b15-9-. The third kappa shape index (κ3) is 5.16. The number of ether oxygens (including phenoxy) is 1. The molecule has 0 fully saturated rings. The van der Waals surface area contributed by atoms with E-state index in [1.807, 2.05) is 6.07 Å². The van der Waals surface area contributed by atoms with Crippen LogP contribution in [0.3, 0.4) is 0 Å². The molecule has 0 spiro atoms. The molecule has 8 heteroatoms. The molecular formula is C20H13ClFN3O2S. The van der Waals surface area contributed by atoms with Crippen LogP contribution in [0, 0.1) is 17.1 Å². The van der Waals surface area contributed by atoms with Crippen molar-refractivity contribution in [3.63, 3.8) is 0 Å². The fraction of sp³-hybridized carbons (Fsp3) is 0.0500. The van der Waals surface area contributed by atoms with E-state index in [1.54, 1.807) is 41.9 Å². The molecule has 0 radical (unpaired) electrons. The minimum Gasteiger partial charge on any atom is -0.487 e. The molecule has 0 aliphatic rings. The Morgan fingerprint density at radius 3 is 2.75 bits per heavy atom. The van der Waals surface area contributed by atoms with E-state index in [0.717, 1.165) is 5.56 Å². The minimum absolute atomic E-state index is 0.0775. The first-order valence-corrected chi connectivity index (χ1v) is 9.30. The molecule has 0 aliphatic heterocycles. The Balaban J connectivity index is 1.69. The number of nitrogens with zero attached hydrogens (tertiary/aromatic N) is 2. The van der Waals surface area contributed by atoms with Gasteiger partial charge in [-0.1, -0.05) is 29.8 Å². The van der Waals surface area contributed by atoms with E-state index in [1.165, 1.54) is 29.5 Å². The summed E-state index contributed by atoms with van der Waals surface area (Å²) in [4.78, 5) is 16.1. The highest BCUT2D eigenvalue weighted by atomic mass is 35.5. The van der Waals surface area contributed by atoms with E-state index in [9.17, 15) is 14.4 Å². The highest BCUT2D eigenvalue weighted by Gasteiger charge is 2.11. The number of halogens is 2. The second-order valence-electron chi connectivity index (χ2n) is 5.57. The Bertz CT molecular complexity index is 1040. The molecular weight excluding hydrogens is 401 g/mol. The number of carbonyl (C=O) groups excluding carboxylic acids is 1. The SMILES string of the molecule is N#C/C(=C/c1ccc(OCc2ccc(F)cc2)c(Cl)c1)C(=O)Nc1nccs1. The van der Waals surface area contributed by atoms with Gasteiger partial charge in [0.1, 0.15) is 29.8 Å². The molecule has 1 N–H and O–H groups in total. The average molecular weight is 414 g/mol. The summed E-state index contributed by atoms with van der Waals surface area (Å²) in [6, 6.07) is 12.7. The van der Waals surface area contributed by atoms with Gasteiger partial charge in [0.15, 0.2) is 5.13 Å². The fourth-order valence-corrected chi connectivity index (χ4v) is 3.00. The summed E-state index contributed by atoms with van der Waals surface area (Å²) in [5.74, 6) is -0.427. The van der Waals surface area contributed by atoms with Crippen molar-refractivity contribution in [1.82, 2.24) is 4.98 Å². The van der Waals surface area contributed by atoms with Gasteiger partial charge in [0.25, 0.3) is 5.91 Å². The van der Waals surface area contributed by atoms with Crippen LogP contribution in [0.1, 0.15) is 11.1 Å². The van der Waals surface area contributed by atoms with Gasteiger partial charge in [-0.25, -0.2) is 9.37 Å². The first-order chi connectivity index (χ1) is 13.5. The van der Waals surface area contributed by atoms with Crippen LogP contribution in [0.4, 0.5) is 9.52 Å². The number of thiazole rings is 1. The summed E-state index contributed by atoms with van der Waals surface area (Å²) < 4.78 is 18.6. The van der Waals surface area contributed by atoms with E-state index < -0.39 is 5.91 Å². The van der Waals surface area contributed by atoms with E-state index in [-0.39, 0.29) is 18.0 Å². The Morgan fingerprint density at radius 2 is 2.11 bits per heavy atom. The van der Waals surface area contributed by atoms with Crippen LogP contribution in [0.5, 0.6) is 5.75 Å². The number of hydrogen-bond donors (Lipinski definition) is 1. The number of rotatable bonds is 6. The predicted molar refractivity (Wildman–Crippen MR) is 107 cm³/mol. The fourth-order valence-electron chi connectivity index (χ4n) is 2.23. The van der Waals surface area contributed by atoms with E-state index in [4.69, 9.17) is 16.3 Å². The quantitative estimate of drug-likeness (QED) is 0.452. The topological polar surface area (TPSA) is 75.0 Å². The van der Waals surface area contributed by atoms with Gasteiger partial charge < -0.3 is 4.74 Å². The molecule has 0 saturated heterocycles. The zero-order chi connectivity index (χ0) is 19.9. The Labute approximate surface area is 169 Å². The lowest BCUT2D eigenvalue weighted by Gasteiger charge is -2.09. The number of nitriles is 1. The molecule has 0 aliphatic carbocycles. The first kappa shape index (κ1) is 19.5. The van der Waals surface area contributed by atoms with Crippen molar-refractivity contribution in [3.8, 4) is 11.8 Å². The molecule has 2 aromatic carbocycles. The molecule has 0 bridgehead atoms. The number of carbonyl (C=O) groups is 1. The number of aromatic nitrogens is 1. The van der Waals surface area contributed by atoms with E-state index in [0.29, 0.717) is 21.5 Å². The number of nitrogens with one attached hydrogen (secondary N) is 1. The third-order valence-corrected chi connectivity index (χ3v) is 4.58. The van der Waals surface area contributed by atoms with Gasteiger partial charge in [-0.3, -0.25) is 10.1 Å². The van der Waals surface area contributed by atoms with E-state index in [2.05, 4.69) is 10.3 Å². The lowest BCUT2D eigenvalue weighted by Crippen LogP contribution is -2.13. The van der Waals surface area contributed by atoms with Crippen LogP contribution in [-0.4, -0.2) is 10.9 Å². The van der Waals surface area contributed by atoms with Crippen molar-refractivity contribution >= 4 is 40.1 Å². The van der Waals surface area contributed by atoms with Crippen LogP contribution in [0.15, 0.2) is 59.6 Å². The molecule has 0 saturated carbocycles. The summed E-state index contributed by atoms with van der Waals surface area (Å²) in [7, 11) is 0. The smallest absolute Gasteiger partial charge is 0.268 e. The molecule has 0 unspecified atom stereocenters. The number of benzene rings is 2. The second-order valence-corrected chi connectivity index (χ2v) is 6.87. The van der Waals surface area contributed by atoms with Crippen LogP contribution < -0.4 is 10.1 Å². The molecule has 3 aromatic rings. The van der Waals surface area contributed by atoms with Crippen molar-refractivity contribution in [2.75, 3.05) is 5.32 Å². The third-order valence-electron chi connectivity index (χ3n) is 3.59. The van der Waals surface area contributed by atoms with Crippen LogP contribution >= 0.6 is 22.9 Å². The van der Waals surface area contributed by atoms with Crippen molar-refractivity contribution in [3.05, 3.63) is 81.6 Å². The molecule has 3 rings (SSSR count). The molecule has 0 atom stereocenters. The number of anilines is 1. The van der Waals surface area contributed by atoms with E-state index >= 15 is 0 Å². The highest BCUT2D eigenvalue weighted by Crippen LogP contribution is 2.27. The number of hydrogen-bond acceptors (Lipinski definition) is 5. The van der Waals surface area contributed by atoms with Crippen LogP contribution in [0.2, 0.25) is 5.02 Å². The molecule has 28 heavy (non-hydrogen) atoms. The first-order valence-electron chi connectivity index (χ1n) is 8.04. The van der Waals surface area contributed by atoms with Gasteiger partial charge in [-0.2, -0.15) is 5.26 Å². The van der Waals surface area contributed by atoms with Crippen molar-refractivity contribution in [2.24, 2.45) is 0 Å². The van der Waals surface area contributed by atoms with Crippen molar-refractivity contribution < 1.29 is 13.9 Å². The van der Waals surface area contributed by atoms with Gasteiger partial charge in [0, 0.05) is 11.6 Å². The van der Waals surface area contributed by atoms with Gasteiger partial charge in [0.2, 0.25) is 0 Å². The summed E-state index contributed by atoms with van der Waals surface area (Å²) in [6.45, 7) is 0.231. The van der Waals surface area contributed by atoms with Crippen LogP contribution in [-0.2, 0) is 11.4 Å². The second kappa shape index (κ2) is 9.13. The number of amides is 1. The minimum atomic E-state index is -0.551. The Morgan fingerprint density at radius 1 is 1.32 bits per heavy atom. The normalized spacial score (nSPS) is 11.0. The monoisotopic (exact) mass is 413 g/mol. The Kier molecular flexibility index (Phi) is 6.37. The summed E-state index contributed by atoms with van der Waals surface area (Å²) in [5.41, 5.74) is 1.29. The van der Waals surface area contributed by atoms with Crippen molar-refractivity contribution in [1.29, 1.82) is 5.26 Å². The maximum atomic E-state index is 12.9. The zero-order valence-electron chi connectivity index (χ0n) is 14.4. The summed E-state index contributed by atoms with van der Waals surface area (Å²) in [6.07, 6.45) is 2.99. The maximum Gasteiger partial charge on any atom is 0.268 e. The Hall–Kier alpha value is -3.21. The average Bonchev–Trinajstić information content (AvgIpc) is 3.19. The zero-order valence-corrected chi connectivity index (χ0v) is 15.9. The largest absolute Gasteiger partial charge is 0.487 e. The van der Waals surface area contributed by atoms with Crippen molar-refractivity contribution in [2.45, 2.75) is 6.61 Å². The molecule has 1 heterocycles. The summed E-state index contributed by atoms with van der Waals surface area (Å²) >= 11 is 7.49. The lowest BCUT2D eigenvalue weighted by atomic mass is 10.1. The van der Waals surface area contributed by atoms with Gasteiger partial charge in [0.05, 0.1) is 5.02 Å². The molecule has 5 nitrogen and oxygen atoms in total. The maximum absolute atomic E-state index is 12.9. The molecule has 140 valence electrons. The van der Waals surface area contributed by atoms with Gasteiger partial charge >= 0.3 is 0 Å². The summed E-state index contributed by atoms with van der Waals surface area (Å²) in [5, 5.41) is 14.3. The molecule has 1 aromatic heterocycles. The van der Waals surface area contributed by atoms with Crippen LogP contribution in [0.25, 0.3) is 6.08 Å². The van der Waals surface area contributed by atoms with Gasteiger partial charge in [-0.15, -0.1) is 11.3 Å². The molecule has 1 amide bonds. The van der Waals surface area contributed by atoms with Gasteiger partial charge in [-0.05, 0) is 41.5 Å². The highest BCUT2D eigenvalue weighted by molar-refractivity contribution is 7.13. The lowest BCUT2D eigenvalue weighted by molar-refractivity contribution is -0.112.